The molecule has 2 heterocycles. The first kappa shape index (κ1) is 21.6. The number of benzene rings is 2. The zero-order valence-electron chi connectivity index (χ0n) is 17.7. The summed E-state index contributed by atoms with van der Waals surface area (Å²) in [5.41, 5.74) is 1.66. The zero-order valence-corrected chi connectivity index (χ0v) is 18.5. The van der Waals surface area contributed by atoms with Crippen molar-refractivity contribution >= 4 is 21.6 Å². The Kier molecular flexibility index (Phi) is 6.17. The molecule has 1 fully saturated rings. The molecule has 0 bridgehead atoms. The van der Waals surface area contributed by atoms with Crippen molar-refractivity contribution < 1.29 is 22.7 Å². The van der Waals surface area contributed by atoms with E-state index in [1.807, 2.05) is 18.7 Å². The van der Waals surface area contributed by atoms with Gasteiger partial charge in [0.25, 0.3) is 0 Å². The van der Waals surface area contributed by atoms with Crippen molar-refractivity contribution in [2.75, 3.05) is 38.3 Å². The summed E-state index contributed by atoms with van der Waals surface area (Å²) < 4.78 is 38.2. The van der Waals surface area contributed by atoms with Gasteiger partial charge in [0.1, 0.15) is 0 Å². The lowest BCUT2D eigenvalue weighted by atomic mass is 10.2. The minimum Gasteiger partial charge on any atom is -0.454 e. The van der Waals surface area contributed by atoms with Gasteiger partial charge in [0, 0.05) is 37.9 Å². The van der Waals surface area contributed by atoms with Crippen LogP contribution in [0.3, 0.4) is 0 Å². The van der Waals surface area contributed by atoms with E-state index in [-0.39, 0.29) is 12.7 Å². The first-order chi connectivity index (χ1) is 14.8. The molecule has 2 aromatic carbocycles. The highest BCUT2D eigenvalue weighted by Gasteiger charge is 2.30. The maximum absolute atomic E-state index is 13.0. The maximum atomic E-state index is 13.0. The number of carbonyl (C=O) groups is 1. The molecule has 9 heteroatoms. The third-order valence-corrected chi connectivity index (χ3v) is 7.63. The molecule has 2 aliphatic rings. The van der Waals surface area contributed by atoms with Gasteiger partial charge >= 0.3 is 0 Å². The lowest BCUT2D eigenvalue weighted by Gasteiger charge is -2.27. The van der Waals surface area contributed by atoms with Crippen LogP contribution >= 0.6 is 0 Å². The minimum atomic E-state index is -3.55. The van der Waals surface area contributed by atoms with Gasteiger partial charge < -0.3 is 14.8 Å². The number of carbonyl (C=O) groups excluding carboxylic acids is 1. The molecule has 2 aromatic rings. The largest absolute Gasteiger partial charge is 0.454 e. The summed E-state index contributed by atoms with van der Waals surface area (Å²) in [6, 6.07) is 11.8. The van der Waals surface area contributed by atoms with Gasteiger partial charge in [-0.3, -0.25) is 9.69 Å². The second kappa shape index (κ2) is 8.86. The number of aryl methyl sites for hydroxylation is 1. The van der Waals surface area contributed by atoms with E-state index in [0.717, 1.165) is 5.56 Å². The Bertz CT molecular complexity index is 1060. The Morgan fingerprint density at radius 3 is 2.52 bits per heavy atom. The van der Waals surface area contributed by atoms with Crippen molar-refractivity contribution in [2.45, 2.75) is 31.2 Å². The first-order valence-corrected chi connectivity index (χ1v) is 11.8. The van der Waals surface area contributed by atoms with E-state index >= 15 is 0 Å². The van der Waals surface area contributed by atoms with Crippen molar-refractivity contribution in [2.24, 2.45) is 0 Å². The molecule has 0 spiro atoms. The maximum Gasteiger partial charge on any atom is 0.243 e. The monoisotopic (exact) mass is 445 g/mol. The fourth-order valence-electron chi connectivity index (χ4n) is 3.79. The Morgan fingerprint density at radius 2 is 1.74 bits per heavy atom. The number of nitrogens with one attached hydrogen (secondary N) is 1. The van der Waals surface area contributed by atoms with E-state index < -0.39 is 16.1 Å². The van der Waals surface area contributed by atoms with Crippen molar-refractivity contribution in [3.05, 3.63) is 48.0 Å². The molecule has 1 saturated heterocycles. The Balaban J connectivity index is 1.38. The van der Waals surface area contributed by atoms with Crippen LogP contribution in [0, 0.1) is 6.92 Å². The van der Waals surface area contributed by atoms with Crippen LogP contribution in [-0.4, -0.2) is 62.5 Å². The molecular weight excluding hydrogens is 418 g/mol. The third kappa shape index (κ3) is 4.68. The predicted molar refractivity (Wildman–Crippen MR) is 117 cm³/mol. The summed E-state index contributed by atoms with van der Waals surface area (Å²) >= 11 is 0. The summed E-state index contributed by atoms with van der Waals surface area (Å²) in [6.45, 7) is 5.86. The van der Waals surface area contributed by atoms with Crippen molar-refractivity contribution in [1.29, 1.82) is 0 Å². The molecule has 1 amide bonds. The topological polar surface area (TPSA) is 88.2 Å². The van der Waals surface area contributed by atoms with Gasteiger partial charge in [-0.05, 0) is 44.5 Å². The van der Waals surface area contributed by atoms with E-state index in [1.165, 1.54) is 4.31 Å². The highest BCUT2D eigenvalue weighted by molar-refractivity contribution is 7.89. The number of rotatable bonds is 5. The number of nitrogens with zero attached hydrogens (tertiary/aromatic N) is 2. The van der Waals surface area contributed by atoms with E-state index in [0.29, 0.717) is 54.7 Å². The van der Waals surface area contributed by atoms with E-state index in [2.05, 4.69) is 5.32 Å². The quantitative estimate of drug-likeness (QED) is 0.761. The summed E-state index contributed by atoms with van der Waals surface area (Å²) in [4.78, 5) is 15.1. The van der Waals surface area contributed by atoms with Gasteiger partial charge in [-0.15, -0.1) is 0 Å². The Hall–Kier alpha value is -2.62. The molecule has 1 N–H and O–H groups in total. The van der Waals surface area contributed by atoms with E-state index in [9.17, 15) is 13.2 Å². The first-order valence-electron chi connectivity index (χ1n) is 10.4. The smallest absolute Gasteiger partial charge is 0.243 e. The van der Waals surface area contributed by atoms with Crippen LogP contribution in [0.2, 0.25) is 0 Å². The zero-order chi connectivity index (χ0) is 22.0. The van der Waals surface area contributed by atoms with Gasteiger partial charge in [-0.2, -0.15) is 4.31 Å². The molecule has 2 aliphatic heterocycles. The minimum absolute atomic E-state index is 0.145. The van der Waals surface area contributed by atoms with Crippen LogP contribution in [-0.2, 0) is 14.8 Å². The summed E-state index contributed by atoms with van der Waals surface area (Å²) in [5.74, 6) is 1.12. The second-order valence-electron chi connectivity index (χ2n) is 7.84. The molecule has 1 atom stereocenters. The number of amides is 1. The van der Waals surface area contributed by atoms with Gasteiger partial charge in [-0.1, -0.05) is 17.7 Å². The van der Waals surface area contributed by atoms with Crippen LogP contribution in [0.4, 0.5) is 5.69 Å². The molecular formula is C22H27N3O5S. The third-order valence-electron chi connectivity index (χ3n) is 5.72. The average molecular weight is 446 g/mol. The lowest BCUT2D eigenvalue weighted by Crippen LogP contribution is -2.44. The van der Waals surface area contributed by atoms with Gasteiger partial charge in [0.15, 0.2) is 11.5 Å². The van der Waals surface area contributed by atoms with Crippen molar-refractivity contribution in [1.82, 2.24) is 9.21 Å². The molecule has 0 radical (unpaired) electrons. The number of sulfonamides is 1. The Morgan fingerprint density at radius 1 is 1.00 bits per heavy atom. The molecule has 4 rings (SSSR count). The number of anilines is 1. The standard InChI is InChI=1S/C22H27N3O5S/c1-16-4-7-19(8-5-16)31(27,28)25-11-3-10-24(12-13-25)17(2)22(26)23-18-6-9-20-21(14-18)30-15-29-20/h4-9,14,17H,3,10-13,15H2,1-2H3,(H,23,26). The highest BCUT2D eigenvalue weighted by Crippen LogP contribution is 2.34. The molecule has 0 aliphatic carbocycles. The molecule has 0 saturated carbocycles. The van der Waals surface area contributed by atoms with Crippen molar-refractivity contribution in [3.8, 4) is 11.5 Å². The average Bonchev–Trinajstić information content (AvgIpc) is 3.07. The number of hydrogen-bond acceptors (Lipinski definition) is 6. The second-order valence-corrected chi connectivity index (χ2v) is 9.78. The summed E-state index contributed by atoms with van der Waals surface area (Å²) in [7, 11) is -3.55. The molecule has 0 aromatic heterocycles. The molecule has 8 nitrogen and oxygen atoms in total. The normalized spacial score (nSPS) is 18.4. The summed E-state index contributed by atoms with van der Waals surface area (Å²) in [6.07, 6.45) is 0.659. The number of fused-ring (bicyclic) bond motifs is 1. The fourth-order valence-corrected chi connectivity index (χ4v) is 5.26. The van der Waals surface area contributed by atoms with Gasteiger partial charge in [0.05, 0.1) is 10.9 Å². The Labute approximate surface area is 182 Å². The van der Waals surface area contributed by atoms with Crippen LogP contribution in [0.5, 0.6) is 11.5 Å². The van der Waals surface area contributed by atoms with Gasteiger partial charge in [0.2, 0.25) is 22.7 Å². The van der Waals surface area contributed by atoms with Crippen LogP contribution in [0.1, 0.15) is 18.9 Å². The summed E-state index contributed by atoms with van der Waals surface area (Å²) in [5, 5.41) is 2.91. The van der Waals surface area contributed by atoms with Crippen molar-refractivity contribution in [3.63, 3.8) is 0 Å². The molecule has 166 valence electrons. The van der Waals surface area contributed by atoms with Crippen LogP contribution in [0.15, 0.2) is 47.4 Å². The predicted octanol–water partition coefficient (Wildman–Crippen LogP) is 2.45. The molecule has 1 unspecified atom stereocenters. The fraction of sp³-hybridized carbons (Fsp3) is 0.409. The van der Waals surface area contributed by atoms with E-state index in [1.54, 1.807) is 42.5 Å². The van der Waals surface area contributed by atoms with E-state index in [4.69, 9.17) is 9.47 Å². The van der Waals surface area contributed by atoms with Crippen LogP contribution < -0.4 is 14.8 Å². The van der Waals surface area contributed by atoms with Gasteiger partial charge in [-0.25, -0.2) is 8.42 Å². The molecule has 31 heavy (non-hydrogen) atoms. The van der Waals surface area contributed by atoms with Crippen LogP contribution in [0.25, 0.3) is 0 Å². The lowest BCUT2D eigenvalue weighted by molar-refractivity contribution is -0.120. The number of hydrogen-bond donors (Lipinski definition) is 1. The number of ether oxygens (including phenoxy) is 2. The SMILES string of the molecule is Cc1ccc(S(=O)(=O)N2CCCN(C(C)C(=O)Nc3ccc4c(c3)OCO4)CC2)cc1. The highest BCUT2D eigenvalue weighted by atomic mass is 32.2.